The van der Waals surface area contributed by atoms with Crippen molar-refractivity contribution in [1.29, 1.82) is 0 Å². The number of likely N-dealkylation sites (tertiary alicyclic amines) is 1. The van der Waals surface area contributed by atoms with Gasteiger partial charge in [0.15, 0.2) is 0 Å². The number of halogens is 1. The molecule has 2 aliphatic rings. The number of hydrogen-bond acceptors (Lipinski definition) is 3. The molecule has 2 aliphatic heterocycles. The molecule has 21 heavy (non-hydrogen) atoms. The van der Waals surface area contributed by atoms with Gasteiger partial charge < -0.3 is 10.6 Å². The van der Waals surface area contributed by atoms with Crippen LogP contribution in [-0.4, -0.2) is 43.5 Å². The second kappa shape index (κ2) is 5.95. The molecule has 1 atom stereocenters. The zero-order valence-corrected chi connectivity index (χ0v) is 13.2. The number of carbonyl (C=O) groups is 1. The van der Waals surface area contributed by atoms with Gasteiger partial charge >= 0.3 is 0 Å². The molecular formula is C16H22ClN3O. The monoisotopic (exact) mass is 307 g/mol. The van der Waals surface area contributed by atoms with E-state index in [1.54, 1.807) is 0 Å². The van der Waals surface area contributed by atoms with Gasteiger partial charge in [-0.15, -0.1) is 0 Å². The number of nitrogens with zero attached hydrogens (tertiary/aromatic N) is 1. The summed E-state index contributed by atoms with van der Waals surface area (Å²) in [6.07, 6.45) is 2.42. The molecule has 2 fully saturated rings. The lowest BCUT2D eigenvalue weighted by Crippen LogP contribution is -2.34. The van der Waals surface area contributed by atoms with E-state index >= 15 is 0 Å². The second-order valence-electron chi connectivity index (χ2n) is 6.42. The molecule has 2 heterocycles. The van der Waals surface area contributed by atoms with E-state index in [2.05, 4.69) is 15.5 Å². The van der Waals surface area contributed by atoms with Crippen molar-refractivity contribution in [3.8, 4) is 0 Å². The summed E-state index contributed by atoms with van der Waals surface area (Å²) >= 11 is 6.15. The minimum absolute atomic E-state index is 0.0174. The molecule has 5 heteroatoms. The minimum Gasteiger partial charge on any atom is -0.324 e. The first-order valence-corrected chi connectivity index (χ1v) is 7.93. The predicted octanol–water partition coefficient (Wildman–Crippen LogP) is 2.27. The van der Waals surface area contributed by atoms with Crippen molar-refractivity contribution >= 4 is 23.2 Å². The number of carbonyl (C=O) groups excluding carboxylic acids is 1. The van der Waals surface area contributed by atoms with Crippen LogP contribution in [0.4, 0.5) is 5.69 Å². The molecule has 1 spiro atoms. The lowest BCUT2D eigenvalue weighted by atomic mass is 9.87. The van der Waals surface area contributed by atoms with Crippen LogP contribution in [0.15, 0.2) is 18.2 Å². The first-order chi connectivity index (χ1) is 10.1. The normalized spacial score (nSPS) is 25.6. The molecule has 2 saturated heterocycles. The highest BCUT2D eigenvalue weighted by Gasteiger charge is 2.40. The van der Waals surface area contributed by atoms with E-state index in [0.29, 0.717) is 22.7 Å². The van der Waals surface area contributed by atoms with Gasteiger partial charge in [0, 0.05) is 13.1 Å². The molecule has 2 N–H and O–H groups in total. The van der Waals surface area contributed by atoms with Gasteiger partial charge in [-0.2, -0.15) is 0 Å². The van der Waals surface area contributed by atoms with Crippen molar-refractivity contribution in [2.75, 3.05) is 38.0 Å². The first kappa shape index (κ1) is 14.8. The van der Waals surface area contributed by atoms with Crippen LogP contribution in [0.25, 0.3) is 0 Å². The van der Waals surface area contributed by atoms with Crippen LogP contribution in [0.3, 0.4) is 0 Å². The Morgan fingerprint density at radius 2 is 2.33 bits per heavy atom. The quantitative estimate of drug-likeness (QED) is 0.900. The van der Waals surface area contributed by atoms with Crippen LogP contribution in [0.2, 0.25) is 5.02 Å². The van der Waals surface area contributed by atoms with E-state index in [1.807, 2.05) is 25.1 Å². The van der Waals surface area contributed by atoms with Crippen LogP contribution in [0.1, 0.15) is 18.4 Å². The van der Waals surface area contributed by atoms with Gasteiger partial charge in [0.1, 0.15) is 0 Å². The third-order valence-corrected chi connectivity index (χ3v) is 4.93. The highest BCUT2D eigenvalue weighted by Crippen LogP contribution is 2.35. The van der Waals surface area contributed by atoms with Gasteiger partial charge in [-0.3, -0.25) is 9.69 Å². The van der Waals surface area contributed by atoms with Crippen LogP contribution >= 0.6 is 11.6 Å². The molecule has 0 aromatic heterocycles. The molecule has 1 unspecified atom stereocenters. The van der Waals surface area contributed by atoms with E-state index < -0.39 is 0 Å². The van der Waals surface area contributed by atoms with Gasteiger partial charge in [-0.1, -0.05) is 17.7 Å². The summed E-state index contributed by atoms with van der Waals surface area (Å²) in [5, 5.41) is 6.95. The number of aryl methyl sites for hydroxylation is 1. The largest absolute Gasteiger partial charge is 0.324 e. The Bertz CT molecular complexity index is 540. The highest BCUT2D eigenvalue weighted by molar-refractivity contribution is 6.33. The fourth-order valence-electron chi connectivity index (χ4n) is 3.42. The van der Waals surface area contributed by atoms with Crippen molar-refractivity contribution in [2.45, 2.75) is 19.8 Å². The van der Waals surface area contributed by atoms with Gasteiger partial charge in [-0.05, 0) is 56.0 Å². The maximum Gasteiger partial charge on any atom is 0.238 e. The fraction of sp³-hybridized carbons (Fsp3) is 0.562. The van der Waals surface area contributed by atoms with Gasteiger partial charge in [-0.25, -0.2) is 0 Å². The summed E-state index contributed by atoms with van der Waals surface area (Å²) in [7, 11) is 0. The molecular weight excluding hydrogens is 286 g/mol. The Hall–Kier alpha value is -1.10. The van der Waals surface area contributed by atoms with E-state index in [9.17, 15) is 4.79 Å². The Balaban J connectivity index is 1.55. The topological polar surface area (TPSA) is 44.4 Å². The maximum atomic E-state index is 12.2. The molecule has 3 rings (SSSR count). The molecule has 1 aromatic carbocycles. The zero-order chi connectivity index (χ0) is 14.9. The molecule has 4 nitrogen and oxygen atoms in total. The van der Waals surface area contributed by atoms with E-state index in [0.717, 1.165) is 31.7 Å². The smallest absolute Gasteiger partial charge is 0.238 e. The maximum absolute atomic E-state index is 12.2. The molecule has 0 saturated carbocycles. The Labute approximate surface area is 130 Å². The van der Waals surface area contributed by atoms with E-state index in [-0.39, 0.29) is 5.91 Å². The lowest BCUT2D eigenvalue weighted by Gasteiger charge is -2.22. The molecule has 0 aliphatic carbocycles. The number of rotatable bonds is 3. The number of anilines is 1. The number of hydrogen-bond donors (Lipinski definition) is 2. The lowest BCUT2D eigenvalue weighted by molar-refractivity contribution is -0.117. The second-order valence-corrected chi connectivity index (χ2v) is 6.83. The third-order valence-electron chi connectivity index (χ3n) is 4.62. The molecule has 114 valence electrons. The van der Waals surface area contributed by atoms with Crippen LogP contribution in [0.5, 0.6) is 0 Å². The van der Waals surface area contributed by atoms with Crippen LogP contribution < -0.4 is 10.6 Å². The minimum atomic E-state index is 0.0174. The number of nitrogens with one attached hydrogen (secondary N) is 2. The first-order valence-electron chi connectivity index (χ1n) is 7.55. The Morgan fingerprint density at radius 1 is 1.48 bits per heavy atom. The number of amides is 1. The predicted molar refractivity (Wildman–Crippen MR) is 85.8 cm³/mol. The zero-order valence-electron chi connectivity index (χ0n) is 12.4. The summed E-state index contributed by atoms with van der Waals surface area (Å²) in [4.78, 5) is 14.4. The van der Waals surface area contributed by atoms with Crippen LogP contribution in [-0.2, 0) is 4.79 Å². The Kier molecular flexibility index (Phi) is 4.20. The summed E-state index contributed by atoms with van der Waals surface area (Å²) < 4.78 is 0. The molecule has 0 bridgehead atoms. The summed E-state index contributed by atoms with van der Waals surface area (Å²) in [5.41, 5.74) is 2.19. The summed E-state index contributed by atoms with van der Waals surface area (Å²) in [5.74, 6) is 0.0174. The van der Waals surface area contributed by atoms with Crippen molar-refractivity contribution in [1.82, 2.24) is 10.2 Å². The van der Waals surface area contributed by atoms with E-state index in [4.69, 9.17) is 11.6 Å². The summed E-state index contributed by atoms with van der Waals surface area (Å²) in [6.45, 7) is 6.67. The molecule has 0 radical (unpaired) electrons. The van der Waals surface area contributed by atoms with Crippen molar-refractivity contribution in [3.63, 3.8) is 0 Å². The number of benzene rings is 1. The average molecular weight is 308 g/mol. The van der Waals surface area contributed by atoms with Crippen LogP contribution in [0, 0.1) is 12.3 Å². The van der Waals surface area contributed by atoms with Gasteiger partial charge in [0.2, 0.25) is 5.91 Å². The van der Waals surface area contributed by atoms with Gasteiger partial charge in [0.05, 0.1) is 17.3 Å². The molecule has 1 aromatic rings. The third kappa shape index (κ3) is 3.39. The average Bonchev–Trinajstić information content (AvgIpc) is 3.04. The summed E-state index contributed by atoms with van der Waals surface area (Å²) in [6, 6.07) is 5.69. The fourth-order valence-corrected chi connectivity index (χ4v) is 3.70. The standard InChI is InChI=1S/C16H22ClN3O/c1-12-2-3-14(13(17)8-12)19-15(21)9-20-7-5-16(11-20)4-6-18-10-16/h2-3,8,18H,4-7,9-11H2,1H3,(H,19,21). The van der Waals surface area contributed by atoms with E-state index in [1.165, 1.54) is 12.8 Å². The van der Waals surface area contributed by atoms with Crippen molar-refractivity contribution in [3.05, 3.63) is 28.8 Å². The van der Waals surface area contributed by atoms with Gasteiger partial charge in [0.25, 0.3) is 0 Å². The highest BCUT2D eigenvalue weighted by atomic mass is 35.5. The SMILES string of the molecule is Cc1ccc(NC(=O)CN2CCC3(CCNC3)C2)c(Cl)c1. The van der Waals surface area contributed by atoms with Crippen molar-refractivity contribution < 1.29 is 4.79 Å². The van der Waals surface area contributed by atoms with Crippen molar-refractivity contribution in [2.24, 2.45) is 5.41 Å². The molecule has 1 amide bonds. The Morgan fingerprint density at radius 3 is 3.05 bits per heavy atom.